The van der Waals surface area contributed by atoms with Crippen molar-refractivity contribution in [3.63, 3.8) is 0 Å². The van der Waals surface area contributed by atoms with Crippen LogP contribution in [0.3, 0.4) is 0 Å². The van der Waals surface area contributed by atoms with Gasteiger partial charge in [-0.3, -0.25) is 4.79 Å². The number of rotatable bonds is 4. The van der Waals surface area contributed by atoms with Crippen LogP contribution in [-0.4, -0.2) is 18.5 Å². The van der Waals surface area contributed by atoms with Crippen LogP contribution in [0.1, 0.15) is 58.8 Å². The second kappa shape index (κ2) is 4.87. The minimum absolute atomic E-state index is 0.0464. The maximum atomic E-state index is 11.8. The highest BCUT2D eigenvalue weighted by atomic mass is 16.5. The van der Waals surface area contributed by atoms with Crippen molar-refractivity contribution < 1.29 is 9.53 Å². The van der Waals surface area contributed by atoms with Gasteiger partial charge in [0.05, 0.1) is 11.5 Å². The Balaban J connectivity index is 1.83. The molecule has 2 nitrogen and oxygen atoms in total. The minimum atomic E-state index is -0.0464. The van der Waals surface area contributed by atoms with Crippen LogP contribution < -0.4 is 0 Å². The molecular formula is C14H24O2. The molecule has 1 atom stereocenters. The first kappa shape index (κ1) is 12.1. The molecule has 16 heavy (non-hydrogen) atoms. The Kier molecular flexibility index (Phi) is 3.68. The third-order valence-electron chi connectivity index (χ3n) is 4.30. The molecule has 2 fully saturated rings. The van der Waals surface area contributed by atoms with E-state index < -0.39 is 0 Å². The lowest BCUT2D eigenvalue weighted by Gasteiger charge is -2.49. The summed E-state index contributed by atoms with van der Waals surface area (Å²) >= 11 is 0. The summed E-state index contributed by atoms with van der Waals surface area (Å²) < 4.78 is 5.93. The van der Waals surface area contributed by atoms with Crippen molar-refractivity contribution in [3.05, 3.63) is 0 Å². The lowest BCUT2D eigenvalue weighted by molar-refractivity contribution is -0.169. The van der Waals surface area contributed by atoms with Crippen LogP contribution in [0.2, 0.25) is 0 Å². The number of hydrogen-bond acceptors (Lipinski definition) is 2. The first-order valence-electron chi connectivity index (χ1n) is 6.80. The summed E-state index contributed by atoms with van der Waals surface area (Å²) in [6.07, 6.45) is 7.94. The molecule has 0 heterocycles. The first-order chi connectivity index (χ1) is 7.65. The normalized spacial score (nSPS) is 28.4. The maximum Gasteiger partial charge on any atom is 0.144 e. The van der Waals surface area contributed by atoms with Gasteiger partial charge in [0.25, 0.3) is 0 Å². The zero-order valence-electron chi connectivity index (χ0n) is 10.6. The van der Waals surface area contributed by atoms with E-state index in [1.165, 1.54) is 19.3 Å². The monoisotopic (exact) mass is 224 g/mol. The predicted molar refractivity (Wildman–Crippen MR) is 64.3 cm³/mol. The second-order valence-corrected chi connectivity index (χ2v) is 5.89. The molecule has 0 aromatic heterocycles. The van der Waals surface area contributed by atoms with Crippen molar-refractivity contribution >= 4 is 5.78 Å². The highest BCUT2D eigenvalue weighted by molar-refractivity contribution is 5.92. The quantitative estimate of drug-likeness (QED) is 0.732. The molecule has 0 aromatic carbocycles. The molecule has 0 radical (unpaired) electrons. The number of carbonyl (C=O) groups excluding carboxylic acids is 1. The highest BCUT2D eigenvalue weighted by Gasteiger charge is 2.55. The molecule has 0 aromatic rings. The summed E-state index contributed by atoms with van der Waals surface area (Å²) in [4.78, 5) is 11.8. The maximum absolute atomic E-state index is 11.8. The van der Waals surface area contributed by atoms with Crippen molar-refractivity contribution in [2.75, 3.05) is 6.61 Å². The lowest BCUT2D eigenvalue weighted by atomic mass is 9.57. The van der Waals surface area contributed by atoms with Crippen LogP contribution in [0, 0.1) is 11.3 Å². The number of ether oxygens (including phenoxy) is 1. The Morgan fingerprint density at radius 1 is 1.31 bits per heavy atom. The molecule has 2 aliphatic carbocycles. The fourth-order valence-electron chi connectivity index (χ4n) is 3.06. The average molecular weight is 224 g/mol. The highest BCUT2D eigenvalue weighted by Crippen LogP contribution is 2.50. The SMILES string of the molecule is CC(C)CCOC1CC(=O)C12CCCCC2. The van der Waals surface area contributed by atoms with Gasteiger partial charge in [-0.15, -0.1) is 0 Å². The summed E-state index contributed by atoms with van der Waals surface area (Å²) in [5.41, 5.74) is -0.0464. The van der Waals surface area contributed by atoms with E-state index in [0.29, 0.717) is 18.1 Å². The van der Waals surface area contributed by atoms with E-state index in [4.69, 9.17) is 4.74 Å². The Hall–Kier alpha value is -0.370. The zero-order valence-corrected chi connectivity index (χ0v) is 10.6. The van der Waals surface area contributed by atoms with Crippen LogP contribution >= 0.6 is 0 Å². The van der Waals surface area contributed by atoms with E-state index in [0.717, 1.165) is 25.9 Å². The van der Waals surface area contributed by atoms with Gasteiger partial charge in [0.2, 0.25) is 0 Å². The molecule has 1 unspecified atom stereocenters. The topological polar surface area (TPSA) is 26.3 Å². The van der Waals surface area contributed by atoms with Gasteiger partial charge in [-0.25, -0.2) is 0 Å². The molecule has 0 N–H and O–H groups in total. The molecule has 0 bridgehead atoms. The lowest BCUT2D eigenvalue weighted by Crippen LogP contribution is -2.56. The van der Waals surface area contributed by atoms with E-state index in [1.807, 2.05) is 0 Å². The van der Waals surface area contributed by atoms with E-state index in [-0.39, 0.29) is 11.5 Å². The van der Waals surface area contributed by atoms with Crippen LogP contribution in [0.15, 0.2) is 0 Å². The predicted octanol–water partition coefficient (Wildman–Crippen LogP) is 3.34. The van der Waals surface area contributed by atoms with Gasteiger partial charge in [-0.1, -0.05) is 33.1 Å². The van der Waals surface area contributed by atoms with Crippen LogP contribution in [0.5, 0.6) is 0 Å². The molecule has 0 aliphatic heterocycles. The number of ketones is 1. The molecular weight excluding hydrogens is 200 g/mol. The molecule has 2 saturated carbocycles. The standard InChI is InChI=1S/C14H24O2/c1-11(2)6-9-16-13-10-12(15)14(13)7-4-3-5-8-14/h11,13H,3-10H2,1-2H3. The molecule has 1 spiro atoms. The van der Waals surface area contributed by atoms with Crippen molar-refractivity contribution in [1.29, 1.82) is 0 Å². The Morgan fingerprint density at radius 2 is 2.00 bits per heavy atom. The summed E-state index contributed by atoms with van der Waals surface area (Å²) in [5, 5.41) is 0. The van der Waals surface area contributed by atoms with Crippen molar-refractivity contribution in [2.45, 2.75) is 64.9 Å². The Bertz CT molecular complexity index is 251. The number of hydrogen-bond donors (Lipinski definition) is 0. The Labute approximate surface area is 98.7 Å². The van der Waals surface area contributed by atoms with E-state index >= 15 is 0 Å². The van der Waals surface area contributed by atoms with Gasteiger partial charge in [0.15, 0.2) is 0 Å². The fraction of sp³-hybridized carbons (Fsp3) is 0.929. The van der Waals surface area contributed by atoms with Gasteiger partial charge in [-0.05, 0) is 25.2 Å². The molecule has 92 valence electrons. The van der Waals surface area contributed by atoms with E-state index in [2.05, 4.69) is 13.8 Å². The van der Waals surface area contributed by atoms with Crippen LogP contribution in [0.4, 0.5) is 0 Å². The average Bonchev–Trinajstić information content (AvgIpc) is 2.29. The van der Waals surface area contributed by atoms with Crippen molar-refractivity contribution in [3.8, 4) is 0 Å². The van der Waals surface area contributed by atoms with E-state index in [1.54, 1.807) is 0 Å². The summed E-state index contributed by atoms with van der Waals surface area (Å²) in [5.74, 6) is 1.17. The van der Waals surface area contributed by atoms with Gasteiger partial charge in [0, 0.05) is 13.0 Å². The van der Waals surface area contributed by atoms with Gasteiger partial charge >= 0.3 is 0 Å². The zero-order chi connectivity index (χ0) is 11.6. The van der Waals surface area contributed by atoms with Gasteiger partial charge < -0.3 is 4.74 Å². The summed E-state index contributed by atoms with van der Waals surface area (Å²) in [7, 11) is 0. The fourth-order valence-corrected chi connectivity index (χ4v) is 3.06. The first-order valence-corrected chi connectivity index (χ1v) is 6.80. The van der Waals surface area contributed by atoms with E-state index in [9.17, 15) is 4.79 Å². The van der Waals surface area contributed by atoms with Gasteiger partial charge in [-0.2, -0.15) is 0 Å². The molecule has 0 saturated heterocycles. The second-order valence-electron chi connectivity index (χ2n) is 5.89. The number of Topliss-reactive ketones (excluding diaryl/α,β-unsaturated/α-hetero) is 1. The van der Waals surface area contributed by atoms with Crippen molar-refractivity contribution in [1.82, 2.24) is 0 Å². The largest absolute Gasteiger partial charge is 0.377 e. The van der Waals surface area contributed by atoms with Crippen LogP contribution in [0.25, 0.3) is 0 Å². The third kappa shape index (κ3) is 2.17. The smallest absolute Gasteiger partial charge is 0.144 e. The third-order valence-corrected chi connectivity index (χ3v) is 4.30. The molecule has 2 aliphatic rings. The Morgan fingerprint density at radius 3 is 2.56 bits per heavy atom. The van der Waals surface area contributed by atoms with Crippen LogP contribution in [-0.2, 0) is 9.53 Å². The summed E-state index contributed by atoms with van der Waals surface area (Å²) in [6, 6.07) is 0. The molecule has 2 heteroatoms. The summed E-state index contributed by atoms with van der Waals surface area (Å²) in [6.45, 7) is 5.26. The molecule has 0 amide bonds. The van der Waals surface area contributed by atoms with Gasteiger partial charge in [0.1, 0.15) is 5.78 Å². The minimum Gasteiger partial charge on any atom is -0.377 e. The van der Waals surface area contributed by atoms with Crippen molar-refractivity contribution in [2.24, 2.45) is 11.3 Å². The number of carbonyl (C=O) groups is 1. The molecule has 2 rings (SSSR count).